The summed E-state index contributed by atoms with van der Waals surface area (Å²) in [6, 6.07) is 25.6. The van der Waals surface area contributed by atoms with Crippen LogP contribution < -0.4 is 5.32 Å². The summed E-state index contributed by atoms with van der Waals surface area (Å²) in [5.41, 5.74) is 2.65. The lowest BCUT2D eigenvalue weighted by molar-refractivity contribution is -0.115. The van der Waals surface area contributed by atoms with Gasteiger partial charge in [-0.1, -0.05) is 72.8 Å². The van der Waals surface area contributed by atoms with E-state index in [1.807, 2.05) is 66.7 Å². The molecule has 118 valence electrons. The number of carbonyl (C=O) groups excluding carboxylic acids is 2. The third-order valence-corrected chi connectivity index (χ3v) is 3.71. The predicted octanol–water partition coefficient (Wildman–Crippen LogP) is 4.10. The molecule has 0 aliphatic heterocycles. The lowest BCUT2D eigenvalue weighted by atomic mass is 9.96. The summed E-state index contributed by atoms with van der Waals surface area (Å²) < 4.78 is 0. The molecule has 3 rings (SSSR count). The zero-order chi connectivity index (χ0) is 16.8. The average molecular weight is 315 g/mol. The zero-order valence-corrected chi connectivity index (χ0v) is 13.1. The minimum absolute atomic E-state index is 0.0706. The number of anilines is 1. The van der Waals surface area contributed by atoms with Gasteiger partial charge in [-0.3, -0.25) is 9.59 Å². The van der Waals surface area contributed by atoms with Gasteiger partial charge in [0.1, 0.15) is 0 Å². The van der Waals surface area contributed by atoms with Gasteiger partial charge in [-0.15, -0.1) is 0 Å². The topological polar surface area (TPSA) is 46.2 Å². The molecule has 0 unspecified atom stereocenters. The molecule has 0 saturated carbocycles. The van der Waals surface area contributed by atoms with Crippen molar-refractivity contribution in [1.29, 1.82) is 0 Å². The van der Waals surface area contributed by atoms with Crippen LogP contribution >= 0.6 is 0 Å². The van der Waals surface area contributed by atoms with Crippen LogP contribution in [0.25, 0.3) is 0 Å². The maximum absolute atomic E-state index is 12.7. The minimum Gasteiger partial charge on any atom is -0.326 e. The number of benzene rings is 3. The zero-order valence-electron chi connectivity index (χ0n) is 13.1. The van der Waals surface area contributed by atoms with E-state index in [0.717, 1.165) is 11.3 Å². The molecule has 0 aliphatic rings. The molecule has 0 radical (unpaired) electrons. The number of rotatable bonds is 5. The number of hydrogen-bond donors (Lipinski definition) is 1. The van der Waals surface area contributed by atoms with Crippen molar-refractivity contribution in [2.45, 2.75) is 6.42 Å². The molecule has 0 saturated heterocycles. The van der Waals surface area contributed by atoms with E-state index in [1.165, 1.54) is 0 Å². The summed E-state index contributed by atoms with van der Waals surface area (Å²) in [5, 5.41) is 2.85. The second-order valence-electron chi connectivity index (χ2n) is 5.44. The van der Waals surface area contributed by atoms with Crippen LogP contribution in [0.2, 0.25) is 0 Å². The molecule has 0 aliphatic carbocycles. The summed E-state index contributed by atoms with van der Waals surface area (Å²) in [5.74, 6) is -0.215. The van der Waals surface area contributed by atoms with Gasteiger partial charge >= 0.3 is 0 Å². The monoisotopic (exact) mass is 315 g/mol. The highest BCUT2D eigenvalue weighted by atomic mass is 16.1. The normalized spacial score (nSPS) is 10.2. The first kappa shape index (κ1) is 15.7. The highest BCUT2D eigenvalue weighted by Crippen LogP contribution is 2.16. The summed E-state index contributed by atoms with van der Waals surface area (Å²) in [6.45, 7) is 0. The Hall–Kier alpha value is -3.20. The molecule has 0 heterocycles. The standard InChI is InChI=1S/C21H17NO2/c23-20(22-18-12-5-2-6-13-18)15-17-11-7-8-14-19(17)21(24)16-9-3-1-4-10-16/h1-14H,15H2,(H,22,23). The van der Waals surface area contributed by atoms with Gasteiger partial charge in [0.2, 0.25) is 5.91 Å². The third-order valence-electron chi connectivity index (χ3n) is 3.71. The Kier molecular flexibility index (Phi) is 4.82. The van der Waals surface area contributed by atoms with Gasteiger partial charge in [0.05, 0.1) is 6.42 Å². The van der Waals surface area contributed by atoms with Gasteiger partial charge in [-0.25, -0.2) is 0 Å². The van der Waals surface area contributed by atoms with E-state index < -0.39 is 0 Å². The maximum Gasteiger partial charge on any atom is 0.228 e. The maximum atomic E-state index is 12.7. The molecule has 3 nitrogen and oxygen atoms in total. The fraction of sp³-hybridized carbons (Fsp3) is 0.0476. The molecule has 0 bridgehead atoms. The summed E-state index contributed by atoms with van der Waals surface area (Å²) in [4.78, 5) is 24.9. The van der Waals surface area contributed by atoms with E-state index in [1.54, 1.807) is 18.2 Å². The molecule has 0 aromatic heterocycles. The van der Waals surface area contributed by atoms with Gasteiger partial charge in [0.15, 0.2) is 5.78 Å². The second-order valence-corrected chi connectivity index (χ2v) is 5.44. The molecule has 1 N–H and O–H groups in total. The van der Waals surface area contributed by atoms with E-state index in [2.05, 4.69) is 5.32 Å². The van der Waals surface area contributed by atoms with Crippen molar-refractivity contribution >= 4 is 17.4 Å². The van der Waals surface area contributed by atoms with Crippen LogP contribution in [0.1, 0.15) is 21.5 Å². The number of para-hydroxylation sites is 1. The molecular weight excluding hydrogens is 298 g/mol. The fourth-order valence-electron chi connectivity index (χ4n) is 2.54. The molecule has 3 heteroatoms. The second kappa shape index (κ2) is 7.38. The third kappa shape index (κ3) is 3.76. The Morgan fingerprint density at radius 3 is 2.00 bits per heavy atom. The Bertz CT molecular complexity index is 842. The Labute approximate surface area is 141 Å². The first-order valence-electron chi connectivity index (χ1n) is 7.76. The fourth-order valence-corrected chi connectivity index (χ4v) is 2.54. The van der Waals surface area contributed by atoms with E-state index in [9.17, 15) is 9.59 Å². The van der Waals surface area contributed by atoms with Gasteiger partial charge in [0, 0.05) is 16.8 Å². The van der Waals surface area contributed by atoms with Crippen molar-refractivity contribution in [2.24, 2.45) is 0 Å². The first-order valence-corrected chi connectivity index (χ1v) is 7.76. The van der Waals surface area contributed by atoms with Crippen LogP contribution in [-0.4, -0.2) is 11.7 Å². The average Bonchev–Trinajstić information content (AvgIpc) is 2.63. The highest BCUT2D eigenvalue weighted by Gasteiger charge is 2.15. The number of ketones is 1. The quantitative estimate of drug-likeness (QED) is 0.721. The first-order chi connectivity index (χ1) is 11.7. The van der Waals surface area contributed by atoms with Crippen molar-refractivity contribution in [2.75, 3.05) is 5.32 Å². The van der Waals surface area contributed by atoms with E-state index >= 15 is 0 Å². The number of hydrogen-bond acceptors (Lipinski definition) is 2. The summed E-state index contributed by atoms with van der Waals surface area (Å²) in [7, 11) is 0. The van der Waals surface area contributed by atoms with Crippen molar-refractivity contribution in [1.82, 2.24) is 0 Å². The van der Waals surface area contributed by atoms with Crippen LogP contribution in [0.5, 0.6) is 0 Å². The van der Waals surface area contributed by atoms with Crippen LogP contribution in [0, 0.1) is 0 Å². The van der Waals surface area contributed by atoms with E-state index in [4.69, 9.17) is 0 Å². The van der Waals surface area contributed by atoms with Crippen LogP contribution in [0.15, 0.2) is 84.9 Å². The Morgan fingerprint density at radius 1 is 0.708 bits per heavy atom. The molecule has 24 heavy (non-hydrogen) atoms. The van der Waals surface area contributed by atoms with Crippen LogP contribution in [-0.2, 0) is 11.2 Å². The predicted molar refractivity (Wildman–Crippen MR) is 95.1 cm³/mol. The molecule has 3 aromatic rings. The molecular formula is C21H17NO2. The van der Waals surface area contributed by atoms with Gasteiger partial charge in [-0.05, 0) is 17.7 Å². The molecule has 3 aromatic carbocycles. The highest BCUT2D eigenvalue weighted by molar-refractivity contribution is 6.10. The lowest BCUT2D eigenvalue weighted by Gasteiger charge is -2.09. The molecule has 0 atom stereocenters. The van der Waals surface area contributed by atoms with Gasteiger partial charge < -0.3 is 5.32 Å². The smallest absolute Gasteiger partial charge is 0.228 e. The molecule has 0 spiro atoms. The van der Waals surface area contributed by atoms with E-state index in [-0.39, 0.29) is 18.1 Å². The van der Waals surface area contributed by atoms with Gasteiger partial charge in [-0.2, -0.15) is 0 Å². The SMILES string of the molecule is O=C(Cc1ccccc1C(=O)c1ccccc1)Nc1ccccc1. The molecule has 1 amide bonds. The van der Waals surface area contributed by atoms with Crippen molar-refractivity contribution < 1.29 is 9.59 Å². The Balaban J connectivity index is 1.79. The van der Waals surface area contributed by atoms with Crippen molar-refractivity contribution in [3.8, 4) is 0 Å². The van der Waals surface area contributed by atoms with Crippen molar-refractivity contribution in [3.63, 3.8) is 0 Å². The minimum atomic E-state index is -0.144. The van der Waals surface area contributed by atoms with Crippen LogP contribution in [0.3, 0.4) is 0 Å². The number of nitrogens with one attached hydrogen (secondary N) is 1. The van der Waals surface area contributed by atoms with Crippen molar-refractivity contribution in [3.05, 3.63) is 102 Å². The summed E-state index contributed by atoms with van der Waals surface area (Å²) in [6.07, 6.45) is 0.156. The van der Waals surface area contributed by atoms with Gasteiger partial charge in [0.25, 0.3) is 0 Å². The Morgan fingerprint density at radius 2 is 1.29 bits per heavy atom. The van der Waals surface area contributed by atoms with E-state index in [0.29, 0.717) is 11.1 Å². The largest absolute Gasteiger partial charge is 0.326 e. The lowest BCUT2D eigenvalue weighted by Crippen LogP contribution is -2.16. The molecule has 0 fully saturated rings. The van der Waals surface area contributed by atoms with Crippen LogP contribution in [0.4, 0.5) is 5.69 Å². The number of amides is 1. The summed E-state index contributed by atoms with van der Waals surface area (Å²) >= 11 is 0. The number of carbonyl (C=O) groups is 2.